The Labute approximate surface area is 141 Å². The largest absolute Gasteiger partial charge is 0.377 e. The molecule has 9 heteroatoms. The van der Waals surface area contributed by atoms with Crippen molar-refractivity contribution in [3.05, 3.63) is 0 Å². The smallest absolute Gasteiger partial charge is 0.248 e. The molecular weight excluding hydrogens is 347 g/mol. The van der Waals surface area contributed by atoms with Crippen molar-refractivity contribution in [2.45, 2.75) is 0 Å². The monoisotopic (exact) mass is 370 g/mol. The molecule has 1 aliphatic heterocycles. The van der Waals surface area contributed by atoms with Gasteiger partial charge in [0.25, 0.3) is 0 Å². The maximum absolute atomic E-state index is 5.68. The summed E-state index contributed by atoms with van der Waals surface area (Å²) in [4.78, 5) is 0. The third kappa shape index (κ3) is 10.9. The Morgan fingerprint density at radius 3 is 1.50 bits per heavy atom. The summed E-state index contributed by atoms with van der Waals surface area (Å²) in [7, 11) is 0. The van der Waals surface area contributed by atoms with Gasteiger partial charge in [-0.1, -0.05) is 17.3 Å². The van der Waals surface area contributed by atoms with Gasteiger partial charge in [0.15, 0.2) is 0 Å². The SMILES string of the molecule is C#CCSP1(=S)OCCOCCOCCOCCOCCO1. The van der Waals surface area contributed by atoms with Gasteiger partial charge in [0.05, 0.1) is 71.8 Å². The van der Waals surface area contributed by atoms with E-state index >= 15 is 0 Å². The Kier molecular flexibility index (Phi) is 12.7. The molecule has 0 bridgehead atoms. The Bertz CT molecular complexity index is 341. The van der Waals surface area contributed by atoms with Crippen LogP contribution in [0.3, 0.4) is 0 Å². The minimum absolute atomic E-state index is 0.374. The Hall–Kier alpha value is 0.320. The van der Waals surface area contributed by atoms with E-state index in [1.807, 2.05) is 0 Å². The number of rotatable bonds is 2. The van der Waals surface area contributed by atoms with Crippen LogP contribution in [0.1, 0.15) is 0 Å². The van der Waals surface area contributed by atoms with Crippen LogP contribution in [0.15, 0.2) is 0 Å². The molecule has 1 rings (SSSR count). The lowest BCUT2D eigenvalue weighted by Crippen LogP contribution is -2.12. The first-order valence-corrected chi connectivity index (χ1v) is 11.3. The second kappa shape index (κ2) is 13.7. The van der Waals surface area contributed by atoms with Crippen LogP contribution in [0.25, 0.3) is 0 Å². The lowest BCUT2D eigenvalue weighted by atomic mass is 10.7. The third-order valence-corrected chi connectivity index (χ3v) is 7.54. The van der Waals surface area contributed by atoms with E-state index < -0.39 is 5.69 Å². The van der Waals surface area contributed by atoms with Crippen molar-refractivity contribution in [2.75, 3.05) is 71.8 Å². The molecule has 22 heavy (non-hydrogen) atoms. The summed E-state index contributed by atoms with van der Waals surface area (Å²) in [5.74, 6) is 2.99. The highest BCUT2D eigenvalue weighted by Gasteiger charge is 2.19. The molecule has 0 radical (unpaired) electrons. The first kappa shape index (κ1) is 20.4. The molecule has 0 atom stereocenters. The summed E-state index contributed by atoms with van der Waals surface area (Å²) < 4.78 is 32.9. The van der Waals surface area contributed by atoms with Crippen molar-refractivity contribution >= 4 is 28.9 Å². The number of hydrogen-bond acceptors (Lipinski definition) is 8. The summed E-state index contributed by atoms with van der Waals surface area (Å²) in [5, 5.41) is 0. The fraction of sp³-hybridized carbons (Fsp3) is 0.846. The predicted molar refractivity (Wildman–Crippen MR) is 90.8 cm³/mol. The Morgan fingerprint density at radius 1 is 0.773 bits per heavy atom. The fourth-order valence-electron chi connectivity index (χ4n) is 1.41. The number of terminal acetylenes is 1. The van der Waals surface area contributed by atoms with Crippen LogP contribution >= 0.6 is 17.1 Å². The van der Waals surface area contributed by atoms with E-state index in [0.717, 1.165) is 0 Å². The van der Waals surface area contributed by atoms with E-state index in [1.165, 1.54) is 11.4 Å². The minimum Gasteiger partial charge on any atom is -0.377 e. The summed E-state index contributed by atoms with van der Waals surface area (Å²) in [6.07, 6.45) is 5.27. The molecule has 0 aromatic heterocycles. The van der Waals surface area contributed by atoms with E-state index in [9.17, 15) is 0 Å². The van der Waals surface area contributed by atoms with Gasteiger partial charge in [0.1, 0.15) is 0 Å². The Balaban J connectivity index is 2.37. The van der Waals surface area contributed by atoms with Gasteiger partial charge in [-0.25, -0.2) is 0 Å². The van der Waals surface area contributed by atoms with Crippen LogP contribution in [0.5, 0.6) is 0 Å². The van der Waals surface area contributed by atoms with E-state index in [2.05, 4.69) is 5.92 Å². The van der Waals surface area contributed by atoms with E-state index in [-0.39, 0.29) is 0 Å². The molecule has 1 saturated heterocycles. The molecule has 0 aromatic carbocycles. The summed E-state index contributed by atoms with van der Waals surface area (Å²) >= 11 is 6.81. The van der Waals surface area contributed by atoms with E-state index in [0.29, 0.717) is 71.8 Å². The molecule has 0 amide bonds. The summed E-state index contributed by atoms with van der Waals surface area (Å²) in [6, 6.07) is 0. The lowest BCUT2D eigenvalue weighted by Gasteiger charge is -2.20. The summed E-state index contributed by atoms with van der Waals surface area (Å²) in [6.45, 7) is 4.79. The van der Waals surface area contributed by atoms with Crippen molar-refractivity contribution in [2.24, 2.45) is 0 Å². The standard InChI is InChI=1S/C13H23O6PS2/c1-2-13-22-20(21)18-11-9-16-7-5-14-3-4-15-6-8-17-10-12-19-20/h1H,3-13H2. The van der Waals surface area contributed by atoms with Crippen molar-refractivity contribution < 1.29 is 28.0 Å². The third-order valence-electron chi connectivity index (χ3n) is 2.38. The number of hydrogen-bond donors (Lipinski definition) is 0. The van der Waals surface area contributed by atoms with Crippen molar-refractivity contribution in [1.82, 2.24) is 0 Å². The van der Waals surface area contributed by atoms with Gasteiger partial charge in [0, 0.05) is 0 Å². The van der Waals surface area contributed by atoms with Crippen LogP contribution in [-0.4, -0.2) is 71.8 Å². The normalized spacial score (nSPS) is 23.2. The molecule has 128 valence electrons. The first-order valence-electron chi connectivity index (χ1n) is 7.05. The quantitative estimate of drug-likeness (QED) is 0.538. The second-order valence-corrected chi connectivity index (χ2v) is 10.4. The van der Waals surface area contributed by atoms with Crippen LogP contribution in [0.2, 0.25) is 0 Å². The molecule has 6 nitrogen and oxygen atoms in total. The van der Waals surface area contributed by atoms with Gasteiger partial charge in [-0.15, -0.1) is 6.42 Å². The highest BCUT2D eigenvalue weighted by molar-refractivity contribution is 8.68. The molecule has 0 aliphatic carbocycles. The zero-order chi connectivity index (χ0) is 15.9. The van der Waals surface area contributed by atoms with Crippen LogP contribution in [-0.2, 0) is 39.8 Å². The first-order chi connectivity index (χ1) is 10.8. The van der Waals surface area contributed by atoms with Crippen molar-refractivity contribution in [3.63, 3.8) is 0 Å². The van der Waals surface area contributed by atoms with Crippen LogP contribution in [0.4, 0.5) is 0 Å². The topological polar surface area (TPSA) is 55.4 Å². The minimum atomic E-state index is -2.45. The van der Waals surface area contributed by atoms with Gasteiger partial charge in [-0.3, -0.25) is 0 Å². The van der Waals surface area contributed by atoms with Gasteiger partial charge >= 0.3 is 0 Å². The average Bonchev–Trinajstić information content (AvgIpc) is 2.52. The van der Waals surface area contributed by atoms with E-state index in [1.54, 1.807) is 0 Å². The van der Waals surface area contributed by atoms with Gasteiger partial charge in [0.2, 0.25) is 5.69 Å². The van der Waals surface area contributed by atoms with Gasteiger partial charge < -0.3 is 28.0 Å². The van der Waals surface area contributed by atoms with Crippen LogP contribution in [0, 0.1) is 12.3 Å². The van der Waals surface area contributed by atoms with Crippen LogP contribution < -0.4 is 0 Å². The number of ether oxygens (including phenoxy) is 4. The Morgan fingerprint density at radius 2 is 1.14 bits per heavy atom. The molecule has 0 spiro atoms. The molecule has 0 aromatic rings. The van der Waals surface area contributed by atoms with Gasteiger partial charge in [-0.2, -0.15) is 0 Å². The van der Waals surface area contributed by atoms with Crippen molar-refractivity contribution in [3.8, 4) is 12.3 Å². The zero-order valence-corrected chi connectivity index (χ0v) is 15.1. The highest BCUT2D eigenvalue weighted by Crippen LogP contribution is 2.60. The molecule has 1 fully saturated rings. The predicted octanol–water partition coefficient (Wildman–Crippen LogP) is 1.69. The highest BCUT2D eigenvalue weighted by atomic mass is 32.9. The zero-order valence-electron chi connectivity index (χ0n) is 12.6. The molecular formula is C13H23O6PS2. The van der Waals surface area contributed by atoms with E-state index in [4.69, 9.17) is 46.2 Å². The molecule has 1 aliphatic rings. The summed E-state index contributed by atoms with van der Waals surface area (Å²) in [5.41, 5.74) is -2.45. The van der Waals surface area contributed by atoms with Gasteiger partial charge in [-0.05, 0) is 11.8 Å². The maximum Gasteiger partial charge on any atom is 0.248 e. The molecule has 0 saturated carbocycles. The maximum atomic E-state index is 5.68. The average molecular weight is 370 g/mol. The fourth-order valence-corrected chi connectivity index (χ4v) is 4.97. The lowest BCUT2D eigenvalue weighted by molar-refractivity contribution is -0.00426. The molecule has 0 unspecified atom stereocenters. The second-order valence-electron chi connectivity index (χ2n) is 4.04. The molecule has 1 heterocycles. The van der Waals surface area contributed by atoms with Crippen molar-refractivity contribution in [1.29, 1.82) is 0 Å². The molecule has 0 N–H and O–H groups in total.